The maximum Gasteiger partial charge on any atom is 0.421 e. The smallest absolute Gasteiger partial charge is 0.376 e. The van der Waals surface area contributed by atoms with E-state index in [0.717, 1.165) is 45.2 Å². The number of rotatable bonds is 6. The SMILES string of the molecule is CC/C=C(\SC)SN1CCN(c2ccc(C(C)(O)C(F)(F)F)cc2)CC1. The number of benzene rings is 1. The normalized spacial score (nSPS) is 19.5. The summed E-state index contributed by atoms with van der Waals surface area (Å²) in [5.41, 5.74) is -2.09. The predicted octanol–water partition coefficient (Wildman–Crippen LogP) is 4.84. The fraction of sp³-hybridized carbons (Fsp3) is 0.556. The predicted molar refractivity (Wildman–Crippen MR) is 105 cm³/mol. The molecular weight excluding hydrogens is 381 g/mol. The van der Waals surface area contributed by atoms with Crippen LogP contribution in [0.5, 0.6) is 0 Å². The molecule has 1 heterocycles. The molecule has 1 fully saturated rings. The first-order chi connectivity index (χ1) is 12.2. The molecule has 0 aliphatic carbocycles. The van der Waals surface area contributed by atoms with Gasteiger partial charge in [-0.3, -0.25) is 0 Å². The quantitative estimate of drug-likeness (QED) is 0.682. The van der Waals surface area contributed by atoms with Crippen molar-refractivity contribution in [1.29, 1.82) is 0 Å². The molecule has 1 atom stereocenters. The van der Waals surface area contributed by atoms with Crippen LogP contribution >= 0.6 is 23.7 Å². The lowest BCUT2D eigenvalue weighted by molar-refractivity contribution is -0.258. The van der Waals surface area contributed by atoms with Crippen LogP contribution in [0, 0.1) is 0 Å². The molecule has 0 spiro atoms. The number of anilines is 1. The third kappa shape index (κ3) is 5.12. The zero-order valence-corrected chi connectivity index (χ0v) is 16.8. The van der Waals surface area contributed by atoms with Crippen LogP contribution in [0.3, 0.4) is 0 Å². The number of halogens is 3. The van der Waals surface area contributed by atoms with Crippen molar-refractivity contribution in [2.24, 2.45) is 0 Å². The number of aliphatic hydroxyl groups is 1. The molecule has 1 saturated heterocycles. The Balaban J connectivity index is 1.97. The molecule has 1 aromatic carbocycles. The van der Waals surface area contributed by atoms with Crippen molar-refractivity contribution in [3.8, 4) is 0 Å². The van der Waals surface area contributed by atoms with Gasteiger partial charge in [0.05, 0.1) is 4.24 Å². The molecule has 1 N–H and O–H groups in total. The Kier molecular flexibility index (Phi) is 7.35. The molecule has 1 aromatic rings. The monoisotopic (exact) mass is 406 g/mol. The standard InChI is InChI=1S/C18H25F3N2OS2/c1-4-5-16(25-3)26-23-12-10-22(11-13-23)15-8-6-14(7-9-15)17(2,24)18(19,20)21/h5-9,24H,4,10-13H2,1-3H3/b16-5+. The van der Waals surface area contributed by atoms with Gasteiger partial charge in [0, 0.05) is 31.9 Å². The lowest BCUT2D eigenvalue weighted by Gasteiger charge is -2.36. The van der Waals surface area contributed by atoms with Gasteiger partial charge >= 0.3 is 6.18 Å². The number of thioether (sulfide) groups is 1. The lowest BCUT2D eigenvalue weighted by Crippen LogP contribution is -2.43. The second kappa shape index (κ2) is 8.91. The summed E-state index contributed by atoms with van der Waals surface area (Å²) in [5, 5.41) is 9.75. The average molecular weight is 407 g/mol. The summed E-state index contributed by atoms with van der Waals surface area (Å²) in [5.74, 6) is 0. The van der Waals surface area contributed by atoms with Crippen molar-refractivity contribution < 1.29 is 18.3 Å². The average Bonchev–Trinajstić information content (AvgIpc) is 2.61. The van der Waals surface area contributed by atoms with Gasteiger partial charge < -0.3 is 10.0 Å². The van der Waals surface area contributed by atoms with Crippen LogP contribution < -0.4 is 4.90 Å². The maximum atomic E-state index is 12.9. The van der Waals surface area contributed by atoms with Crippen LogP contribution in [0.25, 0.3) is 0 Å². The molecule has 0 radical (unpaired) electrons. The number of alkyl halides is 3. The van der Waals surface area contributed by atoms with Gasteiger partial charge in [-0.25, -0.2) is 4.31 Å². The molecule has 0 aromatic heterocycles. The second-order valence-electron chi connectivity index (χ2n) is 6.26. The molecule has 3 nitrogen and oxygen atoms in total. The summed E-state index contributed by atoms with van der Waals surface area (Å²) in [6, 6.07) is 6.03. The Labute approximate surface area is 161 Å². The van der Waals surface area contributed by atoms with Gasteiger partial charge in [-0.1, -0.05) is 25.1 Å². The first-order valence-corrected chi connectivity index (χ1v) is 10.5. The van der Waals surface area contributed by atoms with Gasteiger partial charge in [-0.05, 0) is 49.2 Å². The van der Waals surface area contributed by atoms with E-state index in [2.05, 4.69) is 28.5 Å². The molecule has 2 rings (SSSR count). The number of allylic oxidation sites excluding steroid dienone is 1. The molecule has 1 aliphatic heterocycles. The van der Waals surface area contributed by atoms with E-state index in [4.69, 9.17) is 0 Å². The lowest BCUT2D eigenvalue weighted by atomic mass is 9.95. The number of piperazine rings is 1. The maximum absolute atomic E-state index is 12.9. The summed E-state index contributed by atoms with van der Waals surface area (Å²) < 4.78 is 42.4. The van der Waals surface area contributed by atoms with Crippen LogP contribution in [0.4, 0.5) is 18.9 Å². The van der Waals surface area contributed by atoms with Crippen molar-refractivity contribution >= 4 is 29.4 Å². The fourth-order valence-electron chi connectivity index (χ4n) is 2.65. The van der Waals surface area contributed by atoms with Crippen molar-refractivity contribution in [2.45, 2.75) is 32.0 Å². The van der Waals surface area contributed by atoms with Crippen molar-refractivity contribution in [1.82, 2.24) is 4.31 Å². The van der Waals surface area contributed by atoms with E-state index in [0.29, 0.717) is 0 Å². The van der Waals surface area contributed by atoms with Crippen LogP contribution in [0.1, 0.15) is 25.8 Å². The first-order valence-electron chi connectivity index (χ1n) is 8.50. The molecule has 26 heavy (non-hydrogen) atoms. The molecule has 0 amide bonds. The minimum absolute atomic E-state index is 0.141. The summed E-state index contributed by atoms with van der Waals surface area (Å²) in [4.78, 5) is 2.16. The zero-order chi connectivity index (χ0) is 19.4. The third-order valence-electron chi connectivity index (χ3n) is 4.38. The summed E-state index contributed by atoms with van der Waals surface area (Å²) >= 11 is 3.51. The largest absolute Gasteiger partial charge is 0.421 e. The van der Waals surface area contributed by atoms with Gasteiger partial charge in [0.1, 0.15) is 0 Å². The highest BCUT2D eigenvalue weighted by Crippen LogP contribution is 2.39. The summed E-state index contributed by atoms with van der Waals surface area (Å²) in [7, 11) is 0. The molecule has 8 heteroatoms. The van der Waals surface area contributed by atoms with E-state index in [1.807, 2.05) is 0 Å². The second-order valence-corrected chi connectivity index (χ2v) is 8.51. The van der Waals surface area contributed by atoms with Gasteiger partial charge in [0.2, 0.25) is 0 Å². The molecule has 0 saturated carbocycles. The summed E-state index contributed by atoms with van der Waals surface area (Å²) in [6.45, 7) is 6.30. The topological polar surface area (TPSA) is 26.7 Å². The van der Waals surface area contributed by atoms with Crippen molar-refractivity contribution in [2.75, 3.05) is 37.3 Å². The van der Waals surface area contributed by atoms with Crippen LogP contribution in [0.15, 0.2) is 34.6 Å². The minimum Gasteiger partial charge on any atom is -0.376 e. The van der Waals surface area contributed by atoms with Gasteiger partial charge in [0.15, 0.2) is 5.60 Å². The Hall–Kier alpha value is -0.830. The van der Waals surface area contributed by atoms with E-state index in [9.17, 15) is 18.3 Å². The Morgan fingerprint density at radius 3 is 2.19 bits per heavy atom. The highest BCUT2D eigenvalue weighted by molar-refractivity contribution is 8.20. The minimum atomic E-state index is -4.70. The first kappa shape index (κ1) is 21.5. The van der Waals surface area contributed by atoms with E-state index in [-0.39, 0.29) is 5.56 Å². The van der Waals surface area contributed by atoms with E-state index >= 15 is 0 Å². The van der Waals surface area contributed by atoms with E-state index < -0.39 is 11.8 Å². The van der Waals surface area contributed by atoms with Gasteiger partial charge in [-0.2, -0.15) is 13.2 Å². The number of hydrogen-bond donors (Lipinski definition) is 1. The van der Waals surface area contributed by atoms with Crippen molar-refractivity contribution in [3.05, 3.63) is 40.1 Å². The van der Waals surface area contributed by atoms with Gasteiger partial charge in [0.25, 0.3) is 0 Å². The highest BCUT2D eigenvalue weighted by Gasteiger charge is 2.51. The Bertz CT molecular complexity index is 610. The van der Waals surface area contributed by atoms with E-state index in [1.165, 1.54) is 16.4 Å². The van der Waals surface area contributed by atoms with Gasteiger partial charge in [-0.15, -0.1) is 11.8 Å². The van der Waals surface area contributed by atoms with Crippen molar-refractivity contribution in [3.63, 3.8) is 0 Å². The molecule has 146 valence electrons. The zero-order valence-electron chi connectivity index (χ0n) is 15.2. The highest BCUT2D eigenvalue weighted by atomic mass is 32.2. The molecule has 1 unspecified atom stereocenters. The Morgan fingerprint density at radius 1 is 1.15 bits per heavy atom. The fourth-order valence-corrected chi connectivity index (χ4v) is 4.44. The molecule has 1 aliphatic rings. The number of nitrogens with zero attached hydrogens (tertiary/aromatic N) is 2. The third-order valence-corrected chi connectivity index (χ3v) is 6.64. The van der Waals surface area contributed by atoms with Crippen LogP contribution in [0.2, 0.25) is 0 Å². The Morgan fingerprint density at radius 2 is 1.73 bits per heavy atom. The molecule has 0 bridgehead atoms. The molecular formula is C18H25F3N2OS2. The van der Waals surface area contributed by atoms with Crippen LogP contribution in [-0.4, -0.2) is 48.0 Å². The van der Waals surface area contributed by atoms with Crippen LogP contribution in [-0.2, 0) is 5.60 Å². The summed E-state index contributed by atoms with van der Waals surface area (Å²) in [6.07, 6.45) is 0.602. The number of hydrogen-bond acceptors (Lipinski definition) is 5. The van der Waals surface area contributed by atoms with E-state index in [1.54, 1.807) is 35.8 Å².